The first kappa shape index (κ1) is 7.30. The lowest BCUT2D eigenvalue weighted by molar-refractivity contribution is 0.0413. The van der Waals surface area contributed by atoms with E-state index in [1.165, 1.54) is 0 Å². The highest BCUT2D eigenvalue weighted by atomic mass is 16.5. The third-order valence-electron chi connectivity index (χ3n) is 3.57. The van der Waals surface area contributed by atoms with Gasteiger partial charge in [-0.3, -0.25) is 0 Å². The standard InChI is InChI=1S/C9H14O3/c10-6-4-12-8-3-7-5(9(6)8)1-2-11-7/h5-10H,1-4H2/t5-,6+,7+,8+,9+/m1/s1. The maximum atomic E-state index is 9.67. The molecule has 2 heterocycles. The summed E-state index contributed by atoms with van der Waals surface area (Å²) in [6, 6.07) is 0. The van der Waals surface area contributed by atoms with Crippen LogP contribution in [0.15, 0.2) is 0 Å². The molecule has 0 unspecified atom stereocenters. The Hall–Kier alpha value is -0.120. The predicted molar refractivity (Wildman–Crippen MR) is 41.7 cm³/mol. The number of hydrogen-bond acceptors (Lipinski definition) is 3. The monoisotopic (exact) mass is 170 g/mol. The van der Waals surface area contributed by atoms with E-state index in [1.807, 2.05) is 0 Å². The van der Waals surface area contributed by atoms with Gasteiger partial charge in [-0.2, -0.15) is 0 Å². The van der Waals surface area contributed by atoms with Crippen LogP contribution in [-0.4, -0.2) is 36.6 Å². The van der Waals surface area contributed by atoms with E-state index in [0.717, 1.165) is 19.4 Å². The Bertz CT molecular complexity index is 194. The van der Waals surface area contributed by atoms with E-state index >= 15 is 0 Å². The topological polar surface area (TPSA) is 38.7 Å². The van der Waals surface area contributed by atoms with Crippen LogP contribution in [0, 0.1) is 11.8 Å². The van der Waals surface area contributed by atoms with Crippen molar-refractivity contribution < 1.29 is 14.6 Å². The Balaban J connectivity index is 1.85. The van der Waals surface area contributed by atoms with Gasteiger partial charge in [0, 0.05) is 18.9 Å². The summed E-state index contributed by atoms with van der Waals surface area (Å²) in [7, 11) is 0. The van der Waals surface area contributed by atoms with Gasteiger partial charge >= 0.3 is 0 Å². The van der Waals surface area contributed by atoms with Crippen molar-refractivity contribution in [2.75, 3.05) is 13.2 Å². The van der Waals surface area contributed by atoms with E-state index in [-0.39, 0.29) is 12.2 Å². The second-order valence-corrected chi connectivity index (χ2v) is 4.11. The largest absolute Gasteiger partial charge is 0.390 e. The quantitative estimate of drug-likeness (QED) is 0.563. The van der Waals surface area contributed by atoms with E-state index in [4.69, 9.17) is 9.47 Å². The Morgan fingerprint density at radius 3 is 3.00 bits per heavy atom. The Morgan fingerprint density at radius 2 is 2.08 bits per heavy atom. The lowest BCUT2D eigenvalue weighted by Crippen LogP contribution is -2.26. The highest BCUT2D eigenvalue weighted by molar-refractivity contribution is 5.01. The predicted octanol–water partition coefficient (Wildman–Crippen LogP) is 0.171. The van der Waals surface area contributed by atoms with Crippen molar-refractivity contribution in [1.82, 2.24) is 0 Å². The SMILES string of the molecule is O[C@H]1CO[C@H]2C[C@@H]3OCC[C@H]3[C@H]21. The molecule has 12 heavy (non-hydrogen) atoms. The van der Waals surface area contributed by atoms with Gasteiger partial charge in [0.1, 0.15) is 0 Å². The zero-order chi connectivity index (χ0) is 8.13. The van der Waals surface area contributed by atoms with E-state index in [1.54, 1.807) is 0 Å². The minimum atomic E-state index is -0.230. The van der Waals surface area contributed by atoms with Gasteiger partial charge in [0.2, 0.25) is 0 Å². The molecule has 3 fully saturated rings. The minimum absolute atomic E-state index is 0.230. The summed E-state index contributed by atoms with van der Waals surface area (Å²) in [6.07, 6.45) is 2.57. The molecule has 1 N–H and O–H groups in total. The van der Waals surface area contributed by atoms with Crippen LogP contribution in [0.4, 0.5) is 0 Å². The number of fused-ring (bicyclic) bond motifs is 3. The summed E-state index contributed by atoms with van der Waals surface area (Å²) >= 11 is 0. The van der Waals surface area contributed by atoms with E-state index in [2.05, 4.69) is 0 Å². The first-order valence-corrected chi connectivity index (χ1v) is 4.77. The highest BCUT2D eigenvalue weighted by Crippen LogP contribution is 2.46. The maximum Gasteiger partial charge on any atom is 0.0830 e. The van der Waals surface area contributed by atoms with Crippen LogP contribution in [0.25, 0.3) is 0 Å². The van der Waals surface area contributed by atoms with Gasteiger partial charge in [-0.05, 0) is 12.3 Å². The van der Waals surface area contributed by atoms with E-state index in [9.17, 15) is 5.11 Å². The molecular formula is C9H14O3. The zero-order valence-electron chi connectivity index (χ0n) is 6.98. The summed E-state index contributed by atoms with van der Waals surface area (Å²) < 4.78 is 11.1. The number of ether oxygens (including phenoxy) is 2. The Labute approximate surface area is 71.7 Å². The van der Waals surface area contributed by atoms with Crippen molar-refractivity contribution in [1.29, 1.82) is 0 Å². The summed E-state index contributed by atoms with van der Waals surface area (Å²) in [4.78, 5) is 0. The molecule has 0 aromatic carbocycles. The van der Waals surface area contributed by atoms with Gasteiger partial charge in [0.25, 0.3) is 0 Å². The number of rotatable bonds is 0. The molecule has 0 spiro atoms. The second kappa shape index (κ2) is 2.44. The molecule has 0 aromatic rings. The molecule has 0 bridgehead atoms. The molecule has 2 saturated heterocycles. The lowest BCUT2D eigenvalue weighted by atomic mass is 9.89. The molecule has 0 radical (unpaired) electrons. The molecule has 68 valence electrons. The molecule has 3 rings (SSSR count). The van der Waals surface area contributed by atoms with Crippen LogP contribution in [0.1, 0.15) is 12.8 Å². The normalized spacial score (nSPS) is 57.2. The fourth-order valence-electron chi connectivity index (χ4n) is 3.06. The zero-order valence-corrected chi connectivity index (χ0v) is 6.98. The highest BCUT2D eigenvalue weighted by Gasteiger charge is 2.53. The Morgan fingerprint density at radius 1 is 1.17 bits per heavy atom. The van der Waals surface area contributed by atoms with Gasteiger partial charge in [-0.25, -0.2) is 0 Å². The summed E-state index contributed by atoms with van der Waals surface area (Å²) in [5.41, 5.74) is 0. The number of aliphatic hydroxyl groups is 1. The lowest BCUT2D eigenvalue weighted by Gasteiger charge is -2.17. The average molecular weight is 170 g/mol. The molecule has 5 atom stereocenters. The molecule has 1 saturated carbocycles. The average Bonchev–Trinajstić information content (AvgIpc) is 2.61. The fraction of sp³-hybridized carbons (Fsp3) is 1.00. The number of aliphatic hydroxyl groups excluding tert-OH is 1. The molecule has 2 aliphatic heterocycles. The first-order chi connectivity index (χ1) is 5.86. The van der Waals surface area contributed by atoms with Crippen LogP contribution in [0.5, 0.6) is 0 Å². The molecule has 3 aliphatic rings. The summed E-state index contributed by atoms with van der Waals surface area (Å²) in [6.45, 7) is 1.42. The smallest absolute Gasteiger partial charge is 0.0830 e. The van der Waals surface area contributed by atoms with Crippen LogP contribution < -0.4 is 0 Å². The van der Waals surface area contributed by atoms with Crippen molar-refractivity contribution in [2.45, 2.75) is 31.2 Å². The van der Waals surface area contributed by atoms with Gasteiger partial charge in [0.05, 0.1) is 24.9 Å². The van der Waals surface area contributed by atoms with Crippen molar-refractivity contribution >= 4 is 0 Å². The molecule has 3 heteroatoms. The van der Waals surface area contributed by atoms with Gasteiger partial charge in [-0.15, -0.1) is 0 Å². The Kier molecular flexibility index (Phi) is 1.48. The van der Waals surface area contributed by atoms with Gasteiger partial charge in [-0.1, -0.05) is 0 Å². The summed E-state index contributed by atoms with van der Waals surface area (Å²) in [5.74, 6) is 0.949. The molecule has 0 amide bonds. The third kappa shape index (κ3) is 0.817. The minimum Gasteiger partial charge on any atom is -0.390 e. The van der Waals surface area contributed by atoms with E-state index < -0.39 is 0 Å². The van der Waals surface area contributed by atoms with E-state index in [0.29, 0.717) is 24.5 Å². The first-order valence-electron chi connectivity index (χ1n) is 4.77. The van der Waals surface area contributed by atoms with Crippen molar-refractivity contribution in [2.24, 2.45) is 11.8 Å². The fourth-order valence-corrected chi connectivity index (χ4v) is 3.06. The molecule has 1 aliphatic carbocycles. The van der Waals surface area contributed by atoms with Crippen molar-refractivity contribution in [3.8, 4) is 0 Å². The van der Waals surface area contributed by atoms with Crippen LogP contribution >= 0.6 is 0 Å². The maximum absolute atomic E-state index is 9.67. The molecule has 0 aromatic heterocycles. The van der Waals surface area contributed by atoms with Gasteiger partial charge in [0.15, 0.2) is 0 Å². The third-order valence-corrected chi connectivity index (χ3v) is 3.57. The summed E-state index contributed by atoms with van der Waals surface area (Å²) in [5, 5.41) is 9.67. The molecule has 3 nitrogen and oxygen atoms in total. The second-order valence-electron chi connectivity index (χ2n) is 4.11. The van der Waals surface area contributed by atoms with Crippen LogP contribution in [-0.2, 0) is 9.47 Å². The van der Waals surface area contributed by atoms with Crippen LogP contribution in [0.3, 0.4) is 0 Å². The molecular weight excluding hydrogens is 156 g/mol. The number of hydrogen-bond donors (Lipinski definition) is 1. The van der Waals surface area contributed by atoms with Gasteiger partial charge < -0.3 is 14.6 Å². The van der Waals surface area contributed by atoms with Crippen molar-refractivity contribution in [3.63, 3.8) is 0 Å². The van der Waals surface area contributed by atoms with Crippen LogP contribution in [0.2, 0.25) is 0 Å². The van der Waals surface area contributed by atoms with Crippen molar-refractivity contribution in [3.05, 3.63) is 0 Å².